The number of hydrogen-bond acceptors (Lipinski definition) is 18. The van der Waals surface area contributed by atoms with Crippen LogP contribution in [0.5, 0.6) is 0 Å². The van der Waals surface area contributed by atoms with E-state index in [2.05, 4.69) is 25.3 Å². The molecule has 1 amide bonds. The first-order valence-corrected chi connectivity index (χ1v) is 26.9. The van der Waals surface area contributed by atoms with Crippen molar-refractivity contribution < 1.29 is 66.7 Å². The Morgan fingerprint density at radius 1 is 0.671 bits per heavy atom. The molecule has 2 saturated heterocycles. The maximum Gasteiger partial charge on any atom is 0.338 e. The van der Waals surface area contributed by atoms with Crippen LogP contribution >= 0.6 is 0 Å². The molecule has 4 heterocycles. The maximum absolute atomic E-state index is 13.6. The number of unbranched alkanes of at least 4 members (excludes halogenated alkanes) is 4. The zero-order valence-corrected chi connectivity index (χ0v) is 45.4. The summed E-state index contributed by atoms with van der Waals surface area (Å²) < 4.78 is 51.2. The summed E-state index contributed by atoms with van der Waals surface area (Å²) in [5.74, 6) is -2.95. The second-order valence-electron chi connectivity index (χ2n) is 19.6. The van der Waals surface area contributed by atoms with Crippen LogP contribution in [0, 0.1) is 5.92 Å². The molecule has 0 aliphatic carbocycles. The van der Waals surface area contributed by atoms with Gasteiger partial charge in [-0.1, -0.05) is 81.3 Å². The molecule has 9 atom stereocenters. The van der Waals surface area contributed by atoms with Crippen molar-refractivity contribution in [3.8, 4) is 0 Å². The van der Waals surface area contributed by atoms with Gasteiger partial charge in [0, 0.05) is 52.6 Å². The van der Waals surface area contributed by atoms with Crippen LogP contribution < -0.4 is 5.32 Å². The zero-order chi connectivity index (χ0) is 56.1. The SMILES string of the molecule is CC[C@H]1O[C@@H](n2cnc3c(N=CN(C)C)ncnc32)C(OCCCCCCNC(=O)CCCCO[C@@H]2O[C@H](COC(=O)c3ccccc3)[C@H](OC(=O)c3ccccc3)[C@H](OC(=O)c3ccccc3)[C@H]2C)[C@H]1OC(=O)CCC(C)=O. The highest BCUT2D eigenvalue weighted by molar-refractivity contribution is 5.91. The summed E-state index contributed by atoms with van der Waals surface area (Å²) in [6.45, 7) is 5.79. The third-order valence-corrected chi connectivity index (χ3v) is 13.3. The van der Waals surface area contributed by atoms with Gasteiger partial charge in [0.15, 0.2) is 41.7 Å². The minimum absolute atomic E-state index is 0.0520. The monoisotopic (exact) mass is 1090 g/mol. The average Bonchev–Trinajstić information content (AvgIpc) is 4.28. The van der Waals surface area contributed by atoms with Gasteiger partial charge in [0.2, 0.25) is 5.91 Å². The fourth-order valence-corrected chi connectivity index (χ4v) is 9.09. The van der Waals surface area contributed by atoms with Gasteiger partial charge in [-0.3, -0.25) is 14.2 Å². The number of nitrogens with zero attached hydrogens (tertiary/aromatic N) is 6. The second-order valence-corrected chi connectivity index (χ2v) is 19.6. The van der Waals surface area contributed by atoms with Crippen molar-refractivity contribution in [2.24, 2.45) is 10.9 Å². The minimum Gasteiger partial charge on any atom is -0.459 e. The number of hydrogen-bond donors (Lipinski definition) is 1. The van der Waals surface area contributed by atoms with E-state index in [-0.39, 0.29) is 55.3 Å². The average molecular weight is 1090 g/mol. The first kappa shape index (κ1) is 59.2. The Morgan fingerprint density at radius 3 is 1.92 bits per heavy atom. The van der Waals surface area contributed by atoms with E-state index < -0.39 is 78.9 Å². The number of aliphatic imine (C=N–C) groups is 1. The van der Waals surface area contributed by atoms with Crippen LogP contribution in [0.2, 0.25) is 0 Å². The van der Waals surface area contributed by atoms with Gasteiger partial charge in [-0.15, -0.1) is 0 Å². The predicted octanol–water partition coefficient (Wildman–Crippen LogP) is 7.55. The van der Waals surface area contributed by atoms with E-state index >= 15 is 0 Å². The lowest BCUT2D eigenvalue weighted by Crippen LogP contribution is -2.58. The van der Waals surface area contributed by atoms with E-state index in [1.54, 1.807) is 120 Å². The van der Waals surface area contributed by atoms with E-state index in [4.69, 9.17) is 37.9 Å². The number of Topliss-reactive ketones (excluding diaryl/α,β-unsaturated/α-hetero) is 1. The van der Waals surface area contributed by atoms with Crippen molar-refractivity contribution in [3.63, 3.8) is 0 Å². The van der Waals surface area contributed by atoms with Gasteiger partial charge in [0.25, 0.3) is 0 Å². The highest BCUT2D eigenvalue weighted by Gasteiger charge is 2.50. The van der Waals surface area contributed by atoms with Crippen molar-refractivity contribution in [3.05, 3.63) is 120 Å². The lowest BCUT2D eigenvalue weighted by molar-refractivity contribution is -0.281. The topological polar surface area (TPSA) is 247 Å². The normalized spacial score (nSPS) is 21.8. The van der Waals surface area contributed by atoms with Crippen molar-refractivity contribution in [2.75, 3.05) is 40.5 Å². The zero-order valence-electron chi connectivity index (χ0n) is 45.4. The van der Waals surface area contributed by atoms with Crippen LogP contribution in [0.1, 0.15) is 122 Å². The van der Waals surface area contributed by atoms with Crippen LogP contribution in [0.15, 0.2) is 109 Å². The lowest BCUT2D eigenvalue weighted by Gasteiger charge is -2.44. The molecule has 422 valence electrons. The van der Waals surface area contributed by atoms with Crippen LogP contribution in [0.3, 0.4) is 0 Å². The summed E-state index contributed by atoms with van der Waals surface area (Å²) in [6.07, 6.45) is 2.44. The number of fused-ring (bicyclic) bond motifs is 1. The number of aromatic nitrogens is 4. The molecule has 0 saturated carbocycles. The van der Waals surface area contributed by atoms with Gasteiger partial charge in [-0.2, -0.15) is 0 Å². The number of nitrogens with one attached hydrogen (secondary N) is 1. The van der Waals surface area contributed by atoms with Crippen LogP contribution in [0.4, 0.5) is 5.82 Å². The highest BCUT2D eigenvalue weighted by Crippen LogP contribution is 2.38. The van der Waals surface area contributed by atoms with E-state index in [0.717, 1.165) is 19.3 Å². The summed E-state index contributed by atoms with van der Waals surface area (Å²) in [5.41, 5.74) is 1.81. The molecule has 7 rings (SSSR count). The van der Waals surface area contributed by atoms with Crippen molar-refractivity contribution in [2.45, 2.75) is 134 Å². The van der Waals surface area contributed by atoms with Gasteiger partial charge >= 0.3 is 23.9 Å². The van der Waals surface area contributed by atoms with Gasteiger partial charge in [-0.05, 0) is 75.4 Å². The largest absolute Gasteiger partial charge is 0.459 e. The molecule has 0 radical (unpaired) electrons. The van der Waals surface area contributed by atoms with Crippen molar-refractivity contribution in [1.82, 2.24) is 29.7 Å². The fraction of sp³-hybridized carbons (Fsp3) is 0.483. The van der Waals surface area contributed by atoms with Crippen LogP contribution in [0.25, 0.3) is 11.2 Å². The molecule has 21 heteroatoms. The van der Waals surface area contributed by atoms with Crippen LogP contribution in [-0.2, 0) is 52.3 Å². The third-order valence-electron chi connectivity index (χ3n) is 13.3. The molecule has 3 aromatic carbocycles. The van der Waals surface area contributed by atoms with Crippen molar-refractivity contribution in [1.29, 1.82) is 0 Å². The summed E-state index contributed by atoms with van der Waals surface area (Å²) in [6, 6.07) is 25.2. The molecule has 5 aromatic rings. The highest BCUT2D eigenvalue weighted by atomic mass is 16.7. The van der Waals surface area contributed by atoms with E-state index in [0.29, 0.717) is 61.4 Å². The smallest absolute Gasteiger partial charge is 0.338 e. The molecular weight excluding hydrogens is 1020 g/mol. The first-order valence-electron chi connectivity index (χ1n) is 26.9. The number of carbonyl (C=O) groups is 6. The molecular formula is C58H71N7O14. The molecule has 0 spiro atoms. The third kappa shape index (κ3) is 17.0. The Morgan fingerprint density at radius 2 is 1.28 bits per heavy atom. The molecule has 2 aliphatic rings. The molecule has 1 unspecified atom stereocenters. The number of amides is 1. The summed E-state index contributed by atoms with van der Waals surface area (Å²) in [4.78, 5) is 97.3. The first-order chi connectivity index (χ1) is 38.3. The van der Waals surface area contributed by atoms with E-state index in [9.17, 15) is 28.8 Å². The Hall–Kier alpha value is -7.46. The van der Waals surface area contributed by atoms with E-state index in [1.807, 2.05) is 21.0 Å². The number of imidazole rings is 1. The fourth-order valence-electron chi connectivity index (χ4n) is 9.09. The minimum atomic E-state index is -1.20. The lowest BCUT2D eigenvalue weighted by atomic mass is 9.91. The van der Waals surface area contributed by atoms with Crippen LogP contribution in [-0.4, -0.2) is 150 Å². The molecule has 2 aliphatic heterocycles. The second kappa shape index (κ2) is 30.1. The number of rotatable bonds is 29. The van der Waals surface area contributed by atoms with Gasteiger partial charge < -0.3 is 52.9 Å². The summed E-state index contributed by atoms with van der Waals surface area (Å²) >= 11 is 0. The Balaban J connectivity index is 0.881. The summed E-state index contributed by atoms with van der Waals surface area (Å²) in [7, 11) is 3.69. The standard InChI is InChI=1S/C58H71N7O14/c1-6-43-49(77-46(68)30-29-38(2)66)51(54(75-43)65-37-62-47-52(63-36-64(4)5)60-35-61-53(47)65)72-32-20-8-7-19-31-59-45(67)28-18-21-33-73-58-39(3)48(78-56(70)41-24-14-10-15-25-41)50(79-57(71)42-26-16-11-17-27-42)44(76-58)34-74-55(69)40-22-12-9-13-23-40/h9-17,22-27,35-37,39,43-44,48-51,54,58H,6-8,18-21,28-34H2,1-5H3,(H,59,67)/t39-,43-,44-,48-,49+,50+,51?,54-,58-/m1/s1. The van der Waals surface area contributed by atoms with Gasteiger partial charge in [0.05, 0.1) is 41.9 Å². The molecule has 2 fully saturated rings. The molecule has 79 heavy (non-hydrogen) atoms. The predicted molar refractivity (Wildman–Crippen MR) is 288 cm³/mol. The summed E-state index contributed by atoms with van der Waals surface area (Å²) in [5, 5.41) is 3.00. The van der Waals surface area contributed by atoms with Gasteiger partial charge in [0.1, 0.15) is 37.0 Å². The molecule has 0 bridgehead atoms. The Kier molecular flexibility index (Phi) is 22.5. The Labute approximate surface area is 459 Å². The molecule has 1 N–H and O–H groups in total. The molecule has 2 aromatic heterocycles. The number of carbonyl (C=O) groups excluding carboxylic acids is 6. The maximum atomic E-state index is 13.6. The number of ether oxygens (including phenoxy) is 8. The van der Waals surface area contributed by atoms with Gasteiger partial charge in [-0.25, -0.2) is 34.3 Å². The quantitative estimate of drug-likeness (QED) is 0.0160. The van der Waals surface area contributed by atoms with Crippen molar-refractivity contribution >= 4 is 58.9 Å². The van der Waals surface area contributed by atoms with E-state index in [1.165, 1.54) is 13.3 Å². The number of benzene rings is 3. The molecule has 21 nitrogen and oxygen atoms in total. The number of esters is 4. The number of ketones is 1. The Bertz CT molecular complexity index is 2800.